The third-order valence-electron chi connectivity index (χ3n) is 6.15. The molecule has 1 aliphatic rings. The van der Waals surface area contributed by atoms with E-state index in [1.807, 2.05) is 18.2 Å². The Morgan fingerprint density at radius 3 is 2.32 bits per heavy atom. The standard InChI is InChI=1S/C27H26N2O5/c1-32-20-7-9-21(10-8-20)34-25-18-33-27-22(26(25)31)11-12-24(30)23(27)17-28-13-15-29(16-14-28)19-5-3-2-4-6-19/h2-12,18,30H,13-17H2,1H3. The van der Waals surface area contributed by atoms with Crippen molar-refractivity contribution in [2.24, 2.45) is 0 Å². The maximum atomic E-state index is 13.1. The van der Waals surface area contributed by atoms with Gasteiger partial charge in [-0.25, -0.2) is 0 Å². The Morgan fingerprint density at radius 1 is 0.912 bits per heavy atom. The Morgan fingerprint density at radius 2 is 1.62 bits per heavy atom. The molecule has 1 aromatic heterocycles. The SMILES string of the molecule is COc1ccc(Oc2coc3c(CN4CCN(c5ccccc5)CC4)c(O)ccc3c2=O)cc1. The van der Waals surface area contributed by atoms with Crippen LogP contribution in [0.2, 0.25) is 0 Å². The van der Waals surface area contributed by atoms with E-state index in [1.54, 1.807) is 43.5 Å². The lowest BCUT2D eigenvalue weighted by Crippen LogP contribution is -2.46. The van der Waals surface area contributed by atoms with Crippen molar-refractivity contribution in [1.29, 1.82) is 0 Å². The lowest BCUT2D eigenvalue weighted by atomic mass is 10.1. The lowest BCUT2D eigenvalue weighted by molar-refractivity contribution is 0.246. The summed E-state index contributed by atoms with van der Waals surface area (Å²) in [6.45, 7) is 3.95. The van der Waals surface area contributed by atoms with Crippen molar-refractivity contribution in [1.82, 2.24) is 4.90 Å². The molecule has 1 aliphatic heterocycles. The molecule has 1 saturated heterocycles. The van der Waals surface area contributed by atoms with E-state index in [0.29, 0.717) is 34.6 Å². The number of hydrogen-bond acceptors (Lipinski definition) is 7. The van der Waals surface area contributed by atoms with Gasteiger partial charge >= 0.3 is 0 Å². The first-order valence-electron chi connectivity index (χ1n) is 11.2. The molecule has 0 unspecified atom stereocenters. The van der Waals surface area contributed by atoms with Crippen LogP contribution in [0.1, 0.15) is 5.56 Å². The molecule has 1 fully saturated rings. The van der Waals surface area contributed by atoms with E-state index >= 15 is 0 Å². The number of anilines is 1. The van der Waals surface area contributed by atoms with Crippen molar-refractivity contribution in [3.8, 4) is 23.0 Å². The molecule has 0 radical (unpaired) electrons. The molecular weight excluding hydrogens is 432 g/mol. The molecule has 174 valence electrons. The number of hydrogen-bond donors (Lipinski definition) is 1. The molecule has 7 nitrogen and oxygen atoms in total. The molecule has 0 atom stereocenters. The van der Waals surface area contributed by atoms with Crippen molar-refractivity contribution in [2.75, 3.05) is 38.2 Å². The number of phenols is 1. The van der Waals surface area contributed by atoms with E-state index in [9.17, 15) is 9.90 Å². The van der Waals surface area contributed by atoms with Crippen molar-refractivity contribution in [2.45, 2.75) is 6.54 Å². The number of rotatable bonds is 6. The molecule has 34 heavy (non-hydrogen) atoms. The molecule has 0 aliphatic carbocycles. The number of benzene rings is 3. The monoisotopic (exact) mass is 458 g/mol. The number of fused-ring (bicyclic) bond motifs is 1. The number of piperazine rings is 1. The highest BCUT2D eigenvalue weighted by Gasteiger charge is 2.21. The van der Waals surface area contributed by atoms with E-state index in [-0.39, 0.29) is 16.9 Å². The summed E-state index contributed by atoms with van der Waals surface area (Å²) in [4.78, 5) is 17.7. The molecular formula is C27H26N2O5. The second kappa shape index (κ2) is 9.49. The van der Waals surface area contributed by atoms with Gasteiger partial charge in [0.15, 0.2) is 0 Å². The second-order valence-electron chi connectivity index (χ2n) is 8.25. The quantitative estimate of drug-likeness (QED) is 0.452. The third-order valence-corrected chi connectivity index (χ3v) is 6.15. The van der Waals surface area contributed by atoms with Crippen LogP contribution in [0.25, 0.3) is 11.0 Å². The van der Waals surface area contributed by atoms with Crippen molar-refractivity contribution in [3.05, 3.63) is 88.8 Å². The molecule has 0 bridgehead atoms. The zero-order chi connectivity index (χ0) is 23.5. The molecule has 0 spiro atoms. The maximum Gasteiger partial charge on any atom is 0.235 e. The zero-order valence-electron chi connectivity index (χ0n) is 18.9. The predicted octanol–water partition coefficient (Wildman–Crippen LogP) is 4.62. The number of para-hydroxylation sites is 1. The van der Waals surface area contributed by atoms with Crippen molar-refractivity contribution < 1.29 is 19.0 Å². The lowest BCUT2D eigenvalue weighted by Gasteiger charge is -2.36. The van der Waals surface area contributed by atoms with Crippen LogP contribution in [0, 0.1) is 0 Å². The summed E-state index contributed by atoms with van der Waals surface area (Å²) in [5.41, 5.74) is 1.93. The van der Waals surface area contributed by atoms with Gasteiger partial charge in [-0.2, -0.15) is 0 Å². The highest BCUT2D eigenvalue weighted by molar-refractivity contribution is 5.83. The van der Waals surface area contributed by atoms with Gasteiger partial charge in [-0.05, 0) is 48.5 Å². The van der Waals surface area contributed by atoms with Gasteiger partial charge in [-0.1, -0.05) is 18.2 Å². The maximum absolute atomic E-state index is 13.1. The smallest absolute Gasteiger partial charge is 0.235 e. The Labute approximate surface area is 197 Å². The Hall–Kier alpha value is -3.97. The largest absolute Gasteiger partial charge is 0.507 e. The predicted molar refractivity (Wildman–Crippen MR) is 131 cm³/mol. The van der Waals surface area contributed by atoms with E-state index in [1.165, 1.54) is 12.0 Å². The van der Waals surface area contributed by atoms with Gasteiger partial charge in [0.2, 0.25) is 11.2 Å². The fraction of sp³-hybridized carbons (Fsp3) is 0.222. The summed E-state index contributed by atoms with van der Waals surface area (Å²) in [5, 5.41) is 10.9. The van der Waals surface area contributed by atoms with Crippen LogP contribution in [0.5, 0.6) is 23.0 Å². The normalized spacial score (nSPS) is 14.3. The van der Waals surface area contributed by atoms with Gasteiger partial charge in [-0.15, -0.1) is 0 Å². The van der Waals surface area contributed by atoms with Crippen LogP contribution in [0.3, 0.4) is 0 Å². The summed E-state index contributed by atoms with van der Waals surface area (Å²) in [7, 11) is 1.59. The average Bonchev–Trinajstić information content (AvgIpc) is 2.89. The van der Waals surface area contributed by atoms with E-state index in [2.05, 4.69) is 21.9 Å². The number of nitrogens with zero attached hydrogens (tertiary/aromatic N) is 2. The first-order valence-corrected chi connectivity index (χ1v) is 11.2. The molecule has 5 rings (SSSR count). The van der Waals surface area contributed by atoms with Crippen LogP contribution in [-0.2, 0) is 6.54 Å². The highest BCUT2D eigenvalue weighted by Crippen LogP contribution is 2.30. The van der Waals surface area contributed by atoms with Crippen LogP contribution in [-0.4, -0.2) is 43.3 Å². The first-order chi connectivity index (χ1) is 16.6. The minimum Gasteiger partial charge on any atom is -0.507 e. The molecule has 1 N–H and O–H groups in total. The van der Waals surface area contributed by atoms with E-state index < -0.39 is 0 Å². The van der Waals surface area contributed by atoms with Gasteiger partial charge in [0.25, 0.3) is 0 Å². The Balaban J connectivity index is 1.35. The third kappa shape index (κ3) is 4.43. The zero-order valence-corrected chi connectivity index (χ0v) is 18.9. The van der Waals surface area contributed by atoms with Crippen LogP contribution in [0.4, 0.5) is 5.69 Å². The minimum atomic E-state index is -0.285. The van der Waals surface area contributed by atoms with Gasteiger partial charge in [-0.3, -0.25) is 9.69 Å². The van der Waals surface area contributed by atoms with Crippen LogP contribution < -0.4 is 19.8 Å². The summed E-state index contributed by atoms with van der Waals surface area (Å²) < 4.78 is 16.7. The van der Waals surface area contributed by atoms with E-state index in [0.717, 1.165) is 26.2 Å². The van der Waals surface area contributed by atoms with Gasteiger partial charge in [0.1, 0.15) is 29.1 Å². The molecule has 0 saturated carbocycles. The molecule has 2 heterocycles. The summed E-state index contributed by atoms with van der Waals surface area (Å²) >= 11 is 0. The Kier molecular flexibility index (Phi) is 6.10. The topological polar surface area (TPSA) is 75.4 Å². The van der Waals surface area contributed by atoms with E-state index in [4.69, 9.17) is 13.9 Å². The van der Waals surface area contributed by atoms with Gasteiger partial charge < -0.3 is 23.9 Å². The second-order valence-corrected chi connectivity index (χ2v) is 8.25. The average molecular weight is 459 g/mol. The highest BCUT2D eigenvalue weighted by atomic mass is 16.5. The first kappa shape index (κ1) is 21.9. The number of phenolic OH excluding ortho intramolecular Hbond substituents is 1. The molecule has 7 heteroatoms. The minimum absolute atomic E-state index is 0.0887. The number of ether oxygens (including phenoxy) is 2. The summed E-state index contributed by atoms with van der Waals surface area (Å²) in [6, 6.07) is 20.4. The van der Waals surface area contributed by atoms with Gasteiger partial charge in [0.05, 0.1) is 18.1 Å². The van der Waals surface area contributed by atoms with Crippen molar-refractivity contribution in [3.63, 3.8) is 0 Å². The van der Waals surface area contributed by atoms with Crippen LogP contribution >= 0.6 is 0 Å². The molecule has 3 aromatic carbocycles. The summed E-state index contributed by atoms with van der Waals surface area (Å²) in [5.74, 6) is 1.40. The van der Waals surface area contributed by atoms with Crippen molar-refractivity contribution >= 4 is 16.7 Å². The molecule has 0 amide bonds. The number of aromatic hydroxyl groups is 1. The van der Waals surface area contributed by atoms with Gasteiger partial charge in [0, 0.05) is 38.4 Å². The fourth-order valence-electron chi connectivity index (χ4n) is 4.25. The van der Waals surface area contributed by atoms with Crippen LogP contribution in [0.15, 0.2) is 82.2 Å². The summed E-state index contributed by atoms with van der Waals surface area (Å²) in [6.07, 6.45) is 1.31. The fourth-order valence-corrected chi connectivity index (χ4v) is 4.25. The number of methoxy groups -OCH3 is 1. The molecule has 4 aromatic rings. The Bertz CT molecular complexity index is 1330.